The molecule has 3 nitrogen and oxygen atoms in total. The van der Waals surface area contributed by atoms with Crippen LogP contribution in [-0.4, -0.2) is 31.5 Å². The van der Waals surface area contributed by atoms with Gasteiger partial charge >= 0.3 is 0 Å². The van der Waals surface area contributed by atoms with E-state index in [-0.39, 0.29) is 5.78 Å². The molecule has 0 aliphatic carbocycles. The molecule has 0 spiro atoms. The van der Waals surface area contributed by atoms with Crippen LogP contribution in [0.1, 0.15) is 17.3 Å². The van der Waals surface area contributed by atoms with Crippen molar-refractivity contribution in [3.63, 3.8) is 0 Å². The number of carbonyl (C=O) groups is 1. The Kier molecular flexibility index (Phi) is 6.34. The van der Waals surface area contributed by atoms with E-state index in [4.69, 9.17) is 32.7 Å². The Morgan fingerprint density at radius 1 is 1.29 bits per heavy atom. The van der Waals surface area contributed by atoms with E-state index in [1.165, 1.54) is 6.92 Å². The molecule has 0 aromatic heterocycles. The number of ether oxygens (including phenoxy) is 2. The van der Waals surface area contributed by atoms with Gasteiger partial charge in [0.1, 0.15) is 12.4 Å². The van der Waals surface area contributed by atoms with Gasteiger partial charge in [-0.15, -0.1) is 11.6 Å². The fourth-order valence-electron chi connectivity index (χ4n) is 1.27. The summed E-state index contributed by atoms with van der Waals surface area (Å²) in [5.74, 6) is 0.903. The Labute approximate surface area is 111 Å². The van der Waals surface area contributed by atoms with Crippen LogP contribution in [-0.2, 0) is 4.74 Å². The van der Waals surface area contributed by atoms with Crippen molar-refractivity contribution in [3.8, 4) is 5.75 Å². The van der Waals surface area contributed by atoms with Crippen LogP contribution in [0.25, 0.3) is 0 Å². The van der Waals surface area contributed by atoms with Gasteiger partial charge in [-0.05, 0) is 25.1 Å². The second-order valence-corrected chi connectivity index (χ2v) is 4.16. The Bertz CT molecular complexity index is 380. The summed E-state index contributed by atoms with van der Waals surface area (Å²) in [6.45, 7) is 2.78. The number of hydrogen-bond acceptors (Lipinski definition) is 3. The maximum Gasteiger partial charge on any atom is 0.163 e. The Morgan fingerprint density at radius 2 is 2.06 bits per heavy atom. The zero-order valence-corrected chi connectivity index (χ0v) is 11.1. The molecule has 0 amide bonds. The number of Topliss-reactive ketones (excluding diaryl/α,β-unsaturated/α-hetero) is 1. The summed E-state index contributed by atoms with van der Waals surface area (Å²) in [4.78, 5) is 11.4. The van der Waals surface area contributed by atoms with Crippen LogP contribution in [0.4, 0.5) is 0 Å². The molecule has 0 aliphatic heterocycles. The van der Waals surface area contributed by atoms with Crippen molar-refractivity contribution in [2.75, 3.05) is 25.7 Å². The van der Waals surface area contributed by atoms with Crippen molar-refractivity contribution in [3.05, 3.63) is 28.8 Å². The maximum atomic E-state index is 11.4. The molecule has 0 aliphatic rings. The topological polar surface area (TPSA) is 35.5 Å². The molecule has 0 atom stereocenters. The van der Waals surface area contributed by atoms with Gasteiger partial charge in [0.2, 0.25) is 0 Å². The number of carbonyl (C=O) groups excluding carboxylic acids is 1. The molecule has 0 heterocycles. The number of benzene rings is 1. The van der Waals surface area contributed by atoms with Crippen molar-refractivity contribution >= 4 is 29.0 Å². The predicted molar refractivity (Wildman–Crippen MR) is 68.5 cm³/mol. The van der Waals surface area contributed by atoms with Gasteiger partial charge in [0.05, 0.1) is 18.8 Å². The average molecular weight is 277 g/mol. The van der Waals surface area contributed by atoms with E-state index in [2.05, 4.69) is 0 Å². The van der Waals surface area contributed by atoms with Crippen molar-refractivity contribution in [2.24, 2.45) is 0 Å². The summed E-state index contributed by atoms with van der Waals surface area (Å²) in [6, 6.07) is 4.96. The molecular formula is C12H14Cl2O3. The molecule has 0 saturated carbocycles. The van der Waals surface area contributed by atoms with Gasteiger partial charge < -0.3 is 9.47 Å². The molecule has 0 unspecified atom stereocenters. The van der Waals surface area contributed by atoms with Crippen molar-refractivity contribution < 1.29 is 14.3 Å². The summed E-state index contributed by atoms with van der Waals surface area (Å²) in [7, 11) is 0. The molecule has 1 aromatic carbocycles. The van der Waals surface area contributed by atoms with E-state index in [0.717, 1.165) is 0 Å². The van der Waals surface area contributed by atoms with E-state index in [1.54, 1.807) is 18.2 Å². The fourth-order valence-corrected chi connectivity index (χ4v) is 1.55. The summed E-state index contributed by atoms with van der Waals surface area (Å²) < 4.78 is 10.6. The highest BCUT2D eigenvalue weighted by molar-refractivity contribution is 6.31. The highest BCUT2D eigenvalue weighted by Gasteiger charge is 2.08. The van der Waals surface area contributed by atoms with E-state index < -0.39 is 0 Å². The lowest BCUT2D eigenvalue weighted by atomic mass is 10.1. The third-order valence-electron chi connectivity index (χ3n) is 2.03. The van der Waals surface area contributed by atoms with Crippen LogP contribution in [0.2, 0.25) is 5.02 Å². The highest BCUT2D eigenvalue weighted by atomic mass is 35.5. The van der Waals surface area contributed by atoms with Gasteiger partial charge in [-0.1, -0.05) is 11.6 Å². The van der Waals surface area contributed by atoms with Gasteiger partial charge in [-0.3, -0.25) is 4.79 Å². The van der Waals surface area contributed by atoms with Gasteiger partial charge in [0, 0.05) is 10.9 Å². The van der Waals surface area contributed by atoms with Crippen LogP contribution >= 0.6 is 23.2 Å². The first-order chi connectivity index (χ1) is 8.15. The van der Waals surface area contributed by atoms with E-state index in [0.29, 0.717) is 42.0 Å². The Hall–Kier alpha value is -0.770. The number of alkyl halides is 1. The van der Waals surface area contributed by atoms with Crippen LogP contribution in [0.5, 0.6) is 5.75 Å². The first-order valence-electron chi connectivity index (χ1n) is 5.22. The molecule has 0 radical (unpaired) electrons. The van der Waals surface area contributed by atoms with Gasteiger partial charge in [-0.2, -0.15) is 0 Å². The molecule has 1 rings (SSSR count). The molecular weight excluding hydrogens is 263 g/mol. The lowest BCUT2D eigenvalue weighted by Crippen LogP contribution is -2.09. The molecule has 94 valence electrons. The molecule has 17 heavy (non-hydrogen) atoms. The first-order valence-corrected chi connectivity index (χ1v) is 6.13. The minimum Gasteiger partial charge on any atom is -0.490 e. The van der Waals surface area contributed by atoms with Crippen LogP contribution < -0.4 is 4.74 Å². The zero-order valence-electron chi connectivity index (χ0n) is 9.54. The minimum absolute atomic E-state index is 0.0795. The molecule has 0 bridgehead atoms. The first kappa shape index (κ1) is 14.3. The number of hydrogen-bond donors (Lipinski definition) is 0. The van der Waals surface area contributed by atoms with Crippen LogP contribution in [0.3, 0.4) is 0 Å². The van der Waals surface area contributed by atoms with Crippen LogP contribution in [0.15, 0.2) is 18.2 Å². The molecule has 5 heteroatoms. The minimum atomic E-state index is -0.0795. The van der Waals surface area contributed by atoms with Gasteiger partial charge in [-0.25, -0.2) is 0 Å². The maximum absolute atomic E-state index is 11.4. The molecule has 0 fully saturated rings. The van der Waals surface area contributed by atoms with E-state index in [9.17, 15) is 4.79 Å². The summed E-state index contributed by atoms with van der Waals surface area (Å²) in [5.41, 5.74) is 0.481. The Morgan fingerprint density at radius 3 is 2.71 bits per heavy atom. The summed E-state index contributed by atoms with van der Waals surface area (Å²) in [6.07, 6.45) is 0. The number of ketones is 1. The number of rotatable bonds is 7. The largest absolute Gasteiger partial charge is 0.490 e. The van der Waals surface area contributed by atoms with Gasteiger partial charge in [0.25, 0.3) is 0 Å². The number of halogens is 2. The molecule has 0 saturated heterocycles. The standard InChI is InChI=1S/C12H14Cl2O3/c1-9(15)11-8-10(14)2-3-12(11)17-7-6-16-5-4-13/h2-3,8H,4-7H2,1H3. The lowest BCUT2D eigenvalue weighted by Gasteiger charge is -2.10. The van der Waals surface area contributed by atoms with Crippen molar-refractivity contribution in [2.45, 2.75) is 6.92 Å². The third-order valence-corrected chi connectivity index (χ3v) is 2.42. The summed E-state index contributed by atoms with van der Waals surface area (Å²) in [5, 5.41) is 0.515. The van der Waals surface area contributed by atoms with Gasteiger partial charge in [0.15, 0.2) is 5.78 Å². The highest BCUT2D eigenvalue weighted by Crippen LogP contribution is 2.23. The second kappa shape index (κ2) is 7.54. The average Bonchev–Trinajstić information content (AvgIpc) is 2.30. The second-order valence-electron chi connectivity index (χ2n) is 3.35. The third kappa shape index (κ3) is 4.94. The lowest BCUT2D eigenvalue weighted by molar-refractivity contribution is 0.0992. The monoisotopic (exact) mass is 276 g/mol. The normalized spacial score (nSPS) is 10.3. The van der Waals surface area contributed by atoms with Crippen LogP contribution in [0, 0.1) is 0 Å². The smallest absolute Gasteiger partial charge is 0.163 e. The predicted octanol–water partition coefficient (Wildman–Crippen LogP) is 3.18. The van der Waals surface area contributed by atoms with Crippen molar-refractivity contribution in [1.82, 2.24) is 0 Å². The summed E-state index contributed by atoms with van der Waals surface area (Å²) >= 11 is 11.3. The fraction of sp³-hybridized carbons (Fsp3) is 0.417. The quantitative estimate of drug-likeness (QED) is 0.436. The molecule has 1 aromatic rings. The zero-order chi connectivity index (χ0) is 12.7. The SMILES string of the molecule is CC(=O)c1cc(Cl)ccc1OCCOCCCl. The van der Waals surface area contributed by atoms with Crippen molar-refractivity contribution in [1.29, 1.82) is 0 Å². The Balaban J connectivity index is 2.55. The molecule has 0 N–H and O–H groups in total. The van der Waals surface area contributed by atoms with E-state index in [1.807, 2.05) is 0 Å². The van der Waals surface area contributed by atoms with E-state index >= 15 is 0 Å².